The van der Waals surface area contributed by atoms with Crippen LogP contribution in [-0.2, 0) is 4.79 Å². The van der Waals surface area contributed by atoms with E-state index in [1.165, 1.54) is 0 Å². The Balaban J connectivity index is 2.85. The first-order chi connectivity index (χ1) is 8.99. The Morgan fingerprint density at radius 1 is 1.47 bits per heavy atom. The van der Waals surface area contributed by atoms with Gasteiger partial charge in [0.25, 0.3) is 0 Å². The van der Waals surface area contributed by atoms with Gasteiger partial charge in [-0.3, -0.25) is 9.69 Å². The summed E-state index contributed by atoms with van der Waals surface area (Å²) in [7, 11) is 0. The van der Waals surface area contributed by atoms with Crippen LogP contribution in [0.2, 0.25) is 5.02 Å². The van der Waals surface area contributed by atoms with Crippen LogP contribution < -0.4 is 5.32 Å². The highest BCUT2D eigenvalue weighted by molar-refractivity contribution is 6.30. The maximum atomic E-state index is 11.7. The molecule has 19 heavy (non-hydrogen) atoms. The molecule has 1 atom stereocenters. The molecule has 0 spiro atoms. The van der Waals surface area contributed by atoms with Crippen LogP contribution >= 0.6 is 11.6 Å². The van der Waals surface area contributed by atoms with Gasteiger partial charge in [-0.15, -0.1) is 0 Å². The maximum Gasteiger partial charge on any atom is 0.234 e. The van der Waals surface area contributed by atoms with Gasteiger partial charge in [0.15, 0.2) is 0 Å². The monoisotopic (exact) mass is 284 g/mol. The minimum atomic E-state index is -0.0775. The van der Waals surface area contributed by atoms with Crippen LogP contribution in [0.1, 0.15) is 32.4 Å². The maximum absolute atomic E-state index is 11.7. The first kappa shape index (κ1) is 15.8. The van der Waals surface area contributed by atoms with E-state index in [1.54, 1.807) is 18.2 Å². The number of phenolic OH excluding ortho intramolecular Hbond substituents is 1. The summed E-state index contributed by atoms with van der Waals surface area (Å²) >= 11 is 5.96. The summed E-state index contributed by atoms with van der Waals surface area (Å²) < 4.78 is 0. The van der Waals surface area contributed by atoms with Crippen molar-refractivity contribution in [3.8, 4) is 5.75 Å². The third kappa shape index (κ3) is 4.40. The summed E-state index contributed by atoms with van der Waals surface area (Å²) in [6, 6.07) is 4.88. The Bertz CT molecular complexity index is 437. The van der Waals surface area contributed by atoms with E-state index in [0.29, 0.717) is 24.7 Å². The number of likely N-dealkylation sites (N-methyl/N-ethyl adjacent to an activating group) is 2. The summed E-state index contributed by atoms with van der Waals surface area (Å²) in [5, 5.41) is 13.3. The molecule has 1 rings (SSSR count). The van der Waals surface area contributed by atoms with Crippen molar-refractivity contribution in [1.29, 1.82) is 0 Å². The molecule has 0 saturated carbocycles. The molecular weight excluding hydrogens is 264 g/mol. The minimum absolute atomic E-state index is 0.0160. The van der Waals surface area contributed by atoms with E-state index in [-0.39, 0.29) is 17.7 Å². The van der Waals surface area contributed by atoms with E-state index < -0.39 is 0 Å². The molecule has 2 N–H and O–H groups in total. The van der Waals surface area contributed by atoms with Gasteiger partial charge in [0.2, 0.25) is 5.91 Å². The molecule has 0 aliphatic rings. The largest absolute Gasteiger partial charge is 0.508 e. The van der Waals surface area contributed by atoms with E-state index in [0.717, 1.165) is 5.56 Å². The number of nitrogens with zero attached hydrogens (tertiary/aromatic N) is 1. The number of phenols is 1. The molecule has 106 valence electrons. The quantitative estimate of drug-likeness (QED) is 0.844. The Morgan fingerprint density at radius 2 is 2.16 bits per heavy atom. The lowest BCUT2D eigenvalue weighted by molar-refractivity contribution is -0.122. The second kappa shape index (κ2) is 7.36. The average molecular weight is 285 g/mol. The van der Waals surface area contributed by atoms with Gasteiger partial charge in [0.05, 0.1) is 6.54 Å². The predicted molar refractivity (Wildman–Crippen MR) is 77.5 cm³/mol. The fraction of sp³-hybridized carbons (Fsp3) is 0.500. The molecule has 0 aliphatic heterocycles. The van der Waals surface area contributed by atoms with Gasteiger partial charge in [-0.2, -0.15) is 0 Å². The third-order valence-corrected chi connectivity index (χ3v) is 3.35. The van der Waals surface area contributed by atoms with Gasteiger partial charge in [-0.05, 0) is 38.6 Å². The summed E-state index contributed by atoms with van der Waals surface area (Å²) in [4.78, 5) is 13.6. The number of nitrogens with one attached hydrogen (secondary N) is 1. The van der Waals surface area contributed by atoms with Crippen molar-refractivity contribution < 1.29 is 9.90 Å². The van der Waals surface area contributed by atoms with Crippen LogP contribution in [0, 0.1) is 0 Å². The van der Waals surface area contributed by atoms with Crippen LogP contribution in [0.3, 0.4) is 0 Å². The highest BCUT2D eigenvalue weighted by atomic mass is 35.5. The van der Waals surface area contributed by atoms with Gasteiger partial charge < -0.3 is 10.4 Å². The lowest BCUT2D eigenvalue weighted by atomic mass is 10.1. The van der Waals surface area contributed by atoms with Crippen molar-refractivity contribution >= 4 is 17.5 Å². The lowest BCUT2D eigenvalue weighted by Crippen LogP contribution is -2.38. The number of hydrogen-bond donors (Lipinski definition) is 2. The lowest BCUT2D eigenvalue weighted by Gasteiger charge is -2.28. The Morgan fingerprint density at radius 3 is 2.74 bits per heavy atom. The molecule has 1 aromatic carbocycles. The molecule has 5 heteroatoms. The van der Waals surface area contributed by atoms with E-state index >= 15 is 0 Å². The van der Waals surface area contributed by atoms with Crippen LogP contribution in [-0.4, -0.2) is 35.5 Å². The van der Waals surface area contributed by atoms with Gasteiger partial charge in [-0.1, -0.05) is 18.5 Å². The zero-order chi connectivity index (χ0) is 14.4. The molecule has 0 radical (unpaired) electrons. The normalized spacial score (nSPS) is 12.5. The molecule has 0 aromatic heterocycles. The van der Waals surface area contributed by atoms with Crippen molar-refractivity contribution in [3.05, 3.63) is 28.8 Å². The van der Waals surface area contributed by atoms with E-state index in [2.05, 4.69) is 5.32 Å². The molecule has 1 unspecified atom stereocenters. The Hall–Kier alpha value is -1.26. The van der Waals surface area contributed by atoms with E-state index in [1.807, 2.05) is 25.7 Å². The first-order valence-corrected chi connectivity index (χ1v) is 6.86. The minimum Gasteiger partial charge on any atom is -0.508 e. The standard InChI is InChI=1S/C14H21ClN2O2/c1-4-16-14(19)9-17(5-2)10(3)12-8-11(15)6-7-13(12)18/h6-8,10,18H,4-5,9H2,1-3H3,(H,16,19). The summed E-state index contributed by atoms with van der Waals surface area (Å²) in [6.45, 7) is 7.46. The zero-order valence-electron chi connectivity index (χ0n) is 11.6. The number of halogens is 1. The van der Waals surface area contributed by atoms with Crippen LogP contribution in [0.5, 0.6) is 5.75 Å². The average Bonchev–Trinajstić information content (AvgIpc) is 2.38. The number of carbonyl (C=O) groups is 1. The highest BCUT2D eigenvalue weighted by Gasteiger charge is 2.19. The fourth-order valence-corrected chi connectivity index (χ4v) is 2.20. The Labute approximate surface area is 119 Å². The second-order valence-corrected chi connectivity index (χ2v) is 4.83. The Kier molecular flexibility index (Phi) is 6.12. The third-order valence-electron chi connectivity index (χ3n) is 3.11. The van der Waals surface area contributed by atoms with Crippen molar-refractivity contribution in [2.45, 2.75) is 26.8 Å². The predicted octanol–water partition coefficient (Wildman–Crippen LogP) is 2.56. The second-order valence-electron chi connectivity index (χ2n) is 4.40. The molecule has 0 fully saturated rings. The van der Waals surface area contributed by atoms with Crippen molar-refractivity contribution in [2.75, 3.05) is 19.6 Å². The fourth-order valence-electron chi connectivity index (χ4n) is 2.02. The van der Waals surface area contributed by atoms with Crippen LogP contribution in [0.15, 0.2) is 18.2 Å². The van der Waals surface area contributed by atoms with Gasteiger partial charge >= 0.3 is 0 Å². The number of rotatable bonds is 6. The zero-order valence-corrected chi connectivity index (χ0v) is 12.4. The van der Waals surface area contributed by atoms with Crippen molar-refractivity contribution in [3.63, 3.8) is 0 Å². The number of hydrogen-bond acceptors (Lipinski definition) is 3. The smallest absolute Gasteiger partial charge is 0.234 e. The van der Waals surface area contributed by atoms with Gasteiger partial charge in [0, 0.05) is 23.2 Å². The highest BCUT2D eigenvalue weighted by Crippen LogP contribution is 2.30. The molecule has 0 bridgehead atoms. The molecule has 0 saturated heterocycles. The molecule has 1 amide bonds. The number of aromatic hydroxyl groups is 1. The van der Waals surface area contributed by atoms with Gasteiger partial charge in [-0.25, -0.2) is 0 Å². The topological polar surface area (TPSA) is 52.6 Å². The number of amides is 1. The molecular formula is C14H21ClN2O2. The first-order valence-electron chi connectivity index (χ1n) is 6.48. The van der Waals surface area contributed by atoms with E-state index in [9.17, 15) is 9.90 Å². The summed E-state index contributed by atoms with van der Waals surface area (Å²) in [5.41, 5.74) is 0.735. The summed E-state index contributed by atoms with van der Waals surface area (Å²) in [5.74, 6) is 0.184. The molecule has 0 aliphatic carbocycles. The molecule has 0 heterocycles. The van der Waals surface area contributed by atoms with Crippen molar-refractivity contribution in [1.82, 2.24) is 10.2 Å². The van der Waals surface area contributed by atoms with Gasteiger partial charge in [0.1, 0.15) is 5.75 Å². The number of carbonyl (C=O) groups excluding carboxylic acids is 1. The van der Waals surface area contributed by atoms with E-state index in [4.69, 9.17) is 11.6 Å². The molecule has 1 aromatic rings. The molecule has 4 nitrogen and oxygen atoms in total. The van der Waals surface area contributed by atoms with Crippen molar-refractivity contribution in [2.24, 2.45) is 0 Å². The van der Waals surface area contributed by atoms with Crippen LogP contribution in [0.25, 0.3) is 0 Å². The summed E-state index contributed by atoms with van der Waals surface area (Å²) in [6.07, 6.45) is 0. The SMILES string of the molecule is CCNC(=O)CN(CC)C(C)c1cc(Cl)ccc1O. The van der Waals surface area contributed by atoms with Crippen LogP contribution in [0.4, 0.5) is 0 Å². The number of benzene rings is 1.